The number of aliphatic carboxylic acids is 1. The van der Waals surface area contributed by atoms with Crippen molar-refractivity contribution in [1.82, 2.24) is 10.5 Å². The maximum absolute atomic E-state index is 12.2. The average Bonchev–Trinajstić information content (AvgIpc) is 2.90. The molecular weight excluding hydrogens is 260 g/mol. The Morgan fingerprint density at radius 3 is 2.50 bits per heavy atom. The molecule has 1 amide bonds. The zero-order valence-electron chi connectivity index (χ0n) is 11.9. The van der Waals surface area contributed by atoms with E-state index >= 15 is 0 Å². The normalized spacial score (nSPS) is 17.1. The van der Waals surface area contributed by atoms with Crippen LogP contribution >= 0.6 is 0 Å². The number of nitrogens with zero attached hydrogens (tertiary/aromatic N) is 1. The maximum atomic E-state index is 12.2. The summed E-state index contributed by atoms with van der Waals surface area (Å²) in [6.45, 7) is 3.56. The minimum atomic E-state index is -0.871. The molecule has 2 rings (SSSR count). The van der Waals surface area contributed by atoms with Gasteiger partial charge in [0.15, 0.2) is 0 Å². The van der Waals surface area contributed by atoms with Gasteiger partial charge in [-0.2, -0.15) is 0 Å². The Hall–Kier alpha value is -1.85. The average molecular weight is 280 g/mol. The van der Waals surface area contributed by atoms with E-state index in [4.69, 9.17) is 9.63 Å². The third-order valence-electron chi connectivity index (χ3n) is 3.97. The van der Waals surface area contributed by atoms with Crippen molar-refractivity contribution in [3.05, 3.63) is 17.0 Å². The fourth-order valence-corrected chi connectivity index (χ4v) is 2.94. The number of amides is 1. The Kier molecular flexibility index (Phi) is 4.11. The first kappa shape index (κ1) is 14.6. The molecule has 6 nitrogen and oxygen atoms in total. The van der Waals surface area contributed by atoms with Crippen LogP contribution in [-0.4, -0.2) is 27.7 Å². The first-order valence-corrected chi connectivity index (χ1v) is 6.86. The van der Waals surface area contributed by atoms with Crippen molar-refractivity contribution in [2.24, 2.45) is 0 Å². The summed E-state index contributed by atoms with van der Waals surface area (Å²) in [5.74, 6) is -0.400. The van der Waals surface area contributed by atoms with E-state index in [9.17, 15) is 9.59 Å². The highest BCUT2D eigenvalue weighted by atomic mass is 16.5. The van der Waals surface area contributed by atoms with Gasteiger partial charge in [-0.1, -0.05) is 18.0 Å². The SMILES string of the molecule is Cc1noc(C)c1CC(=O)NC1(CC(=O)O)CCCC1. The molecule has 1 saturated carbocycles. The van der Waals surface area contributed by atoms with Crippen molar-refractivity contribution < 1.29 is 19.2 Å². The van der Waals surface area contributed by atoms with Crippen LogP contribution in [0.1, 0.15) is 49.1 Å². The summed E-state index contributed by atoms with van der Waals surface area (Å²) in [6, 6.07) is 0. The quantitative estimate of drug-likeness (QED) is 0.857. The van der Waals surface area contributed by atoms with Gasteiger partial charge < -0.3 is 14.9 Å². The largest absolute Gasteiger partial charge is 0.481 e. The lowest BCUT2D eigenvalue weighted by Gasteiger charge is -2.28. The molecule has 2 N–H and O–H groups in total. The Morgan fingerprint density at radius 2 is 2.00 bits per heavy atom. The van der Waals surface area contributed by atoms with Crippen LogP contribution in [0.15, 0.2) is 4.52 Å². The van der Waals surface area contributed by atoms with Gasteiger partial charge >= 0.3 is 5.97 Å². The molecule has 110 valence electrons. The molecule has 1 aromatic rings. The molecule has 0 spiro atoms. The Bertz CT molecular complexity index is 496. The van der Waals surface area contributed by atoms with Gasteiger partial charge in [-0.05, 0) is 26.7 Å². The first-order valence-electron chi connectivity index (χ1n) is 6.86. The number of hydrogen-bond acceptors (Lipinski definition) is 4. The lowest BCUT2D eigenvalue weighted by Crippen LogP contribution is -2.48. The van der Waals surface area contributed by atoms with Gasteiger partial charge in [0.05, 0.1) is 24.1 Å². The first-order chi connectivity index (χ1) is 9.42. The summed E-state index contributed by atoms with van der Waals surface area (Å²) in [5.41, 5.74) is 0.907. The standard InChI is InChI=1S/C14H20N2O4/c1-9-11(10(2)20-16-9)7-12(17)15-14(8-13(18)19)5-3-4-6-14/h3-8H2,1-2H3,(H,15,17)(H,18,19). The zero-order chi connectivity index (χ0) is 14.8. The van der Waals surface area contributed by atoms with E-state index in [2.05, 4.69) is 10.5 Å². The summed E-state index contributed by atoms with van der Waals surface area (Å²) >= 11 is 0. The van der Waals surface area contributed by atoms with Crippen molar-refractivity contribution >= 4 is 11.9 Å². The zero-order valence-corrected chi connectivity index (χ0v) is 11.9. The van der Waals surface area contributed by atoms with E-state index in [0.29, 0.717) is 11.5 Å². The highest BCUT2D eigenvalue weighted by Gasteiger charge is 2.37. The van der Waals surface area contributed by atoms with E-state index in [1.807, 2.05) is 0 Å². The van der Waals surface area contributed by atoms with Gasteiger partial charge in [-0.15, -0.1) is 0 Å². The molecule has 1 heterocycles. The van der Waals surface area contributed by atoms with Crippen LogP contribution in [0, 0.1) is 13.8 Å². The second-order valence-corrected chi connectivity index (χ2v) is 5.59. The van der Waals surface area contributed by atoms with Crippen LogP contribution in [-0.2, 0) is 16.0 Å². The molecule has 1 aliphatic rings. The van der Waals surface area contributed by atoms with Crippen LogP contribution in [0.4, 0.5) is 0 Å². The molecule has 1 fully saturated rings. The summed E-state index contributed by atoms with van der Waals surface area (Å²) in [7, 11) is 0. The topological polar surface area (TPSA) is 92.4 Å². The van der Waals surface area contributed by atoms with E-state index in [-0.39, 0.29) is 18.7 Å². The minimum absolute atomic E-state index is 0.0136. The van der Waals surface area contributed by atoms with E-state index < -0.39 is 11.5 Å². The van der Waals surface area contributed by atoms with E-state index in [0.717, 1.165) is 31.2 Å². The number of rotatable bonds is 5. The number of carboxylic acid groups (broad SMARTS) is 1. The van der Waals surface area contributed by atoms with Crippen molar-refractivity contribution in [1.29, 1.82) is 0 Å². The monoisotopic (exact) mass is 280 g/mol. The Labute approximate surface area is 117 Å². The summed E-state index contributed by atoms with van der Waals surface area (Å²) in [6.07, 6.45) is 3.54. The third kappa shape index (κ3) is 3.18. The number of carbonyl (C=O) groups excluding carboxylic acids is 1. The van der Waals surface area contributed by atoms with Crippen LogP contribution in [0.3, 0.4) is 0 Å². The molecule has 0 aromatic carbocycles. The van der Waals surface area contributed by atoms with Crippen LogP contribution < -0.4 is 5.32 Å². The van der Waals surface area contributed by atoms with Crippen molar-refractivity contribution in [3.8, 4) is 0 Å². The van der Waals surface area contributed by atoms with Crippen molar-refractivity contribution in [3.63, 3.8) is 0 Å². The Balaban J connectivity index is 2.04. The van der Waals surface area contributed by atoms with Gasteiger partial charge in [0.25, 0.3) is 0 Å². The van der Waals surface area contributed by atoms with E-state index in [1.165, 1.54) is 0 Å². The maximum Gasteiger partial charge on any atom is 0.305 e. The van der Waals surface area contributed by atoms with Crippen LogP contribution in [0.5, 0.6) is 0 Å². The molecule has 0 atom stereocenters. The molecule has 6 heteroatoms. The molecule has 1 aromatic heterocycles. The fourth-order valence-electron chi connectivity index (χ4n) is 2.94. The summed E-state index contributed by atoms with van der Waals surface area (Å²) in [4.78, 5) is 23.2. The van der Waals surface area contributed by atoms with Gasteiger partial charge in [-0.3, -0.25) is 9.59 Å². The molecule has 0 radical (unpaired) electrons. The van der Waals surface area contributed by atoms with E-state index in [1.54, 1.807) is 13.8 Å². The lowest BCUT2D eigenvalue weighted by molar-refractivity contribution is -0.139. The molecule has 1 aliphatic carbocycles. The molecule has 0 saturated heterocycles. The number of carboxylic acids is 1. The fraction of sp³-hybridized carbons (Fsp3) is 0.643. The van der Waals surface area contributed by atoms with Gasteiger partial charge in [0, 0.05) is 5.56 Å². The summed E-state index contributed by atoms with van der Waals surface area (Å²) < 4.78 is 5.03. The predicted octanol–water partition coefficient (Wildman–Crippen LogP) is 1.74. The van der Waals surface area contributed by atoms with Gasteiger partial charge in [-0.25, -0.2) is 0 Å². The smallest absolute Gasteiger partial charge is 0.305 e. The third-order valence-corrected chi connectivity index (χ3v) is 3.97. The lowest BCUT2D eigenvalue weighted by atomic mass is 9.92. The molecular formula is C14H20N2O4. The Morgan fingerprint density at radius 1 is 1.35 bits per heavy atom. The van der Waals surface area contributed by atoms with Crippen molar-refractivity contribution in [2.75, 3.05) is 0 Å². The molecule has 0 bridgehead atoms. The molecule has 20 heavy (non-hydrogen) atoms. The second-order valence-electron chi connectivity index (χ2n) is 5.59. The number of carbonyl (C=O) groups is 2. The minimum Gasteiger partial charge on any atom is -0.481 e. The van der Waals surface area contributed by atoms with Gasteiger partial charge in [0.2, 0.25) is 5.91 Å². The summed E-state index contributed by atoms with van der Waals surface area (Å²) in [5, 5.41) is 15.8. The number of hydrogen-bond donors (Lipinski definition) is 2. The number of aromatic nitrogens is 1. The molecule has 0 aliphatic heterocycles. The number of aryl methyl sites for hydroxylation is 2. The van der Waals surface area contributed by atoms with Crippen molar-refractivity contribution in [2.45, 2.75) is 57.9 Å². The van der Waals surface area contributed by atoms with Crippen LogP contribution in [0.2, 0.25) is 0 Å². The highest BCUT2D eigenvalue weighted by molar-refractivity contribution is 5.81. The van der Waals surface area contributed by atoms with Crippen LogP contribution in [0.25, 0.3) is 0 Å². The molecule has 0 unspecified atom stereocenters. The predicted molar refractivity (Wildman–Crippen MR) is 71.3 cm³/mol. The number of nitrogens with one attached hydrogen (secondary N) is 1. The second kappa shape index (κ2) is 5.64. The van der Waals surface area contributed by atoms with Gasteiger partial charge in [0.1, 0.15) is 5.76 Å². The highest BCUT2D eigenvalue weighted by Crippen LogP contribution is 2.32.